The molecule has 0 radical (unpaired) electrons. The van der Waals surface area contributed by atoms with Crippen molar-refractivity contribution in [2.75, 3.05) is 7.11 Å². The molecule has 1 heterocycles. The predicted molar refractivity (Wildman–Crippen MR) is 56.0 cm³/mol. The number of benzene rings is 1. The standard InChI is InChI=1S/C11H6F4N2O3/c1-19-10(18)9-17-16-8(20-9)6-4-5(11(13,14)15)2-3-7(6)12/h2-4H,1H3. The normalized spacial score (nSPS) is 11.4. The fraction of sp³-hybridized carbons (Fsp3) is 0.182. The van der Waals surface area contributed by atoms with Gasteiger partial charge in [-0.3, -0.25) is 0 Å². The highest BCUT2D eigenvalue weighted by Gasteiger charge is 2.32. The largest absolute Gasteiger partial charge is 0.462 e. The Morgan fingerprint density at radius 3 is 2.60 bits per heavy atom. The van der Waals surface area contributed by atoms with Crippen LogP contribution >= 0.6 is 0 Å². The molecule has 1 aromatic carbocycles. The van der Waals surface area contributed by atoms with E-state index in [4.69, 9.17) is 4.42 Å². The number of ether oxygens (including phenoxy) is 1. The van der Waals surface area contributed by atoms with Crippen LogP contribution in [0.1, 0.15) is 16.2 Å². The number of hydrogen-bond acceptors (Lipinski definition) is 5. The van der Waals surface area contributed by atoms with Gasteiger partial charge in [0, 0.05) is 0 Å². The van der Waals surface area contributed by atoms with E-state index in [2.05, 4.69) is 14.9 Å². The van der Waals surface area contributed by atoms with E-state index < -0.39 is 40.9 Å². The van der Waals surface area contributed by atoms with Gasteiger partial charge >= 0.3 is 18.0 Å². The minimum atomic E-state index is -4.65. The van der Waals surface area contributed by atoms with Crippen molar-refractivity contribution in [3.05, 3.63) is 35.5 Å². The summed E-state index contributed by atoms with van der Waals surface area (Å²) in [6.45, 7) is 0. The van der Waals surface area contributed by atoms with Crippen molar-refractivity contribution < 1.29 is 31.5 Å². The Balaban J connectivity index is 2.47. The van der Waals surface area contributed by atoms with Crippen LogP contribution in [0.3, 0.4) is 0 Å². The molecule has 9 heteroatoms. The topological polar surface area (TPSA) is 65.2 Å². The summed E-state index contributed by atoms with van der Waals surface area (Å²) in [4.78, 5) is 11.1. The first-order valence-electron chi connectivity index (χ1n) is 5.12. The first-order valence-corrected chi connectivity index (χ1v) is 5.12. The second-order valence-electron chi connectivity index (χ2n) is 3.60. The van der Waals surface area contributed by atoms with E-state index in [9.17, 15) is 22.4 Å². The lowest BCUT2D eigenvalue weighted by atomic mass is 10.1. The molecule has 0 bridgehead atoms. The minimum Gasteiger partial charge on any atom is -0.462 e. The molecule has 0 atom stereocenters. The number of aromatic nitrogens is 2. The maximum absolute atomic E-state index is 13.5. The van der Waals surface area contributed by atoms with Crippen LogP contribution < -0.4 is 0 Å². The molecule has 5 nitrogen and oxygen atoms in total. The summed E-state index contributed by atoms with van der Waals surface area (Å²) in [5, 5.41) is 6.57. The van der Waals surface area contributed by atoms with Crippen molar-refractivity contribution in [2.24, 2.45) is 0 Å². The fourth-order valence-electron chi connectivity index (χ4n) is 1.37. The zero-order valence-corrected chi connectivity index (χ0v) is 9.86. The van der Waals surface area contributed by atoms with Gasteiger partial charge in [0.2, 0.25) is 0 Å². The molecule has 106 valence electrons. The Bertz CT molecular complexity index is 651. The molecule has 2 rings (SSSR count). The summed E-state index contributed by atoms with van der Waals surface area (Å²) in [7, 11) is 1.05. The lowest BCUT2D eigenvalue weighted by molar-refractivity contribution is -0.137. The predicted octanol–water partition coefficient (Wildman–Crippen LogP) is 2.68. The molecule has 0 saturated carbocycles. The lowest BCUT2D eigenvalue weighted by Gasteiger charge is -2.07. The van der Waals surface area contributed by atoms with Gasteiger partial charge in [-0.2, -0.15) is 13.2 Å². The SMILES string of the molecule is COC(=O)c1nnc(-c2cc(C(F)(F)F)ccc2F)o1. The number of hydrogen-bond donors (Lipinski definition) is 0. The zero-order chi connectivity index (χ0) is 14.9. The molecular formula is C11H6F4N2O3. The van der Waals surface area contributed by atoms with Crippen LogP contribution in [0.2, 0.25) is 0 Å². The first-order chi connectivity index (χ1) is 9.32. The third-order valence-corrected chi connectivity index (χ3v) is 2.31. The van der Waals surface area contributed by atoms with Crippen molar-refractivity contribution >= 4 is 5.97 Å². The summed E-state index contributed by atoms with van der Waals surface area (Å²) in [6.07, 6.45) is -4.65. The Morgan fingerprint density at radius 2 is 2.00 bits per heavy atom. The van der Waals surface area contributed by atoms with Gasteiger partial charge in [-0.15, -0.1) is 10.2 Å². The molecule has 20 heavy (non-hydrogen) atoms. The third kappa shape index (κ3) is 2.60. The smallest absolute Gasteiger partial charge is 0.416 e. The van der Waals surface area contributed by atoms with Crippen LogP contribution in [0.5, 0.6) is 0 Å². The molecule has 2 aromatic rings. The van der Waals surface area contributed by atoms with Crippen molar-refractivity contribution in [1.82, 2.24) is 10.2 Å². The van der Waals surface area contributed by atoms with E-state index in [1.54, 1.807) is 0 Å². The molecule has 0 N–H and O–H groups in total. The quantitative estimate of drug-likeness (QED) is 0.628. The molecule has 0 unspecified atom stereocenters. The minimum absolute atomic E-state index is 0.518. The highest BCUT2D eigenvalue weighted by Crippen LogP contribution is 2.33. The van der Waals surface area contributed by atoms with Gasteiger partial charge < -0.3 is 9.15 Å². The molecule has 0 spiro atoms. The second-order valence-corrected chi connectivity index (χ2v) is 3.60. The van der Waals surface area contributed by atoms with Gasteiger partial charge in [0.25, 0.3) is 5.89 Å². The number of rotatable bonds is 2. The van der Waals surface area contributed by atoms with Crippen LogP contribution in [0.4, 0.5) is 17.6 Å². The monoisotopic (exact) mass is 290 g/mol. The first kappa shape index (κ1) is 14.0. The van der Waals surface area contributed by atoms with Crippen LogP contribution in [-0.2, 0) is 10.9 Å². The van der Waals surface area contributed by atoms with E-state index in [1.807, 2.05) is 0 Å². The second kappa shape index (κ2) is 4.91. The summed E-state index contributed by atoms with van der Waals surface area (Å²) in [5.74, 6) is -3.09. The number of halogens is 4. The number of carbonyl (C=O) groups is 1. The maximum Gasteiger partial charge on any atom is 0.416 e. The van der Waals surface area contributed by atoms with Crippen LogP contribution in [0.25, 0.3) is 11.5 Å². The van der Waals surface area contributed by atoms with Crippen LogP contribution in [0.15, 0.2) is 22.6 Å². The number of esters is 1. The van der Waals surface area contributed by atoms with Gasteiger partial charge in [0.1, 0.15) is 5.82 Å². The Morgan fingerprint density at radius 1 is 1.30 bits per heavy atom. The highest BCUT2D eigenvalue weighted by molar-refractivity contribution is 5.84. The molecule has 0 amide bonds. The Kier molecular flexibility index (Phi) is 3.43. The van der Waals surface area contributed by atoms with E-state index >= 15 is 0 Å². The van der Waals surface area contributed by atoms with Gasteiger partial charge in [-0.05, 0) is 18.2 Å². The fourth-order valence-corrected chi connectivity index (χ4v) is 1.37. The van der Waals surface area contributed by atoms with Gasteiger partial charge in [0.05, 0.1) is 18.2 Å². The van der Waals surface area contributed by atoms with Crippen molar-refractivity contribution in [1.29, 1.82) is 0 Å². The molecule has 0 aliphatic heterocycles. The molecule has 1 aromatic heterocycles. The molecule has 0 aliphatic rings. The summed E-state index contributed by atoms with van der Waals surface area (Å²) >= 11 is 0. The van der Waals surface area contributed by atoms with Gasteiger partial charge in [-0.25, -0.2) is 9.18 Å². The van der Waals surface area contributed by atoms with Gasteiger partial charge in [0.15, 0.2) is 0 Å². The van der Waals surface area contributed by atoms with Crippen LogP contribution in [0, 0.1) is 5.82 Å². The Labute approximate surface area is 109 Å². The van der Waals surface area contributed by atoms with E-state index in [1.165, 1.54) is 0 Å². The van der Waals surface area contributed by atoms with Crippen molar-refractivity contribution in [3.63, 3.8) is 0 Å². The number of methoxy groups -OCH3 is 1. The highest BCUT2D eigenvalue weighted by atomic mass is 19.4. The van der Waals surface area contributed by atoms with E-state index in [0.29, 0.717) is 18.2 Å². The summed E-state index contributed by atoms with van der Waals surface area (Å²) in [5.41, 5.74) is -1.63. The van der Waals surface area contributed by atoms with Crippen molar-refractivity contribution in [2.45, 2.75) is 6.18 Å². The van der Waals surface area contributed by atoms with E-state index in [-0.39, 0.29) is 0 Å². The molecule has 0 aliphatic carbocycles. The van der Waals surface area contributed by atoms with Crippen molar-refractivity contribution in [3.8, 4) is 11.5 Å². The maximum atomic E-state index is 13.5. The average Bonchev–Trinajstić information content (AvgIpc) is 2.86. The zero-order valence-electron chi connectivity index (χ0n) is 9.86. The van der Waals surface area contributed by atoms with Gasteiger partial charge in [-0.1, -0.05) is 0 Å². The lowest BCUT2D eigenvalue weighted by Crippen LogP contribution is -2.05. The number of alkyl halides is 3. The third-order valence-electron chi connectivity index (χ3n) is 2.31. The molecular weight excluding hydrogens is 284 g/mol. The van der Waals surface area contributed by atoms with E-state index in [0.717, 1.165) is 7.11 Å². The van der Waals surface area contributed by atoms with Crippen LogP contribution in [-0.4, -0.2) is 23.3 Å². The molecule has 0 fully saturated rings. The summed E-state index contributed by atoms with van der Waals surface area (Å²) in [6, 6.07) is 1.72. The number of nitrogens with zero attached hydrogens (tertiary/aromatic N) is 2. The Hall–Kier alpha value is -2.45. The summed E-state index contributed by atoms with van der Waals surface area (Å²) < 4.78 is 60.2. The molecule has 0 saturated heterocycles. The average molecular weight is 290 g/mol. The number of carbonyl (C=O) groups excluding carboxylic acids is 1.